The number of aromatic nitrogens is 3. The van der Waals surface area contributed by atoms with Gasteiger partial charge in [-0.2, -0.15) is 18.3 Å². The van der Waals surface area contributed by atoms with Crippen molar-refractivity contribution >= 4 is 11.7 Å². The topological polar surface area (TPSA) is 69.0 Å². The first-order chi connectivity index (χ1) is 9.81. The molecule has 0 aliphatic heterocycles. The number of carbonyl (C=O) groups is 1. The van der Waals surface area contributed by atoms with E-state index in [-0.39, 0.29) is 17.3 Å². The number of hydrogen-bond acceptors (Lipinski definition) is 4. The highest BCUT2D eigenvalue weighted by Crippen LogP contribution is 2.30. The van der Waals surface area contributed by atoms with Gasteiger partial charge in [-0.15, -0.1) is 0 Å². The van der Waals surface area contributed by atoms with Crippen molar-refractivity contribution in [3.63, 3.8) is 0 Å². The zero-order valence-corrected chi connectivity index (χ0v) is 11.1. The molecule has 2 aromatic heterocycles. The molecule has 112 valence electrons. The van der Waals surface area contributed by atoms with E-state index in [2.05, 4.69) is 15.4 Å². The minimum absolute atomic E-state index is 0.189. The van der Waals surface area contributed by atoms with Gasteiger partial charge in [-0.05, 0) is 6.07 Å². The van der Waals surface area contributed by atoms with Gasteiger partial charge in [-0.3, -0.25) is 9.48 Å². The highest BCUT2D eigenvalue weighted by Gasteiger charge is 2.35. The third kappa shape index (κ3) is 3.30. The summed E-state index contributed by atoms with van der Waals surface area (Å²) in [7, 11) is 2.53. The van der Waals surface area contributed by atoms with Gasteiger partial charge in [0.1, 0.15) is 5.69 Å². The first kappa shape index (κ1) is 14.8. The van der Waals surface area contributed by atoms with E-state index in [0.717, 1.165) is 13.1 Å². The number of ether oxygens (including phenoxy) is 1. The average molecular weight is 300 g/mol. The Morgan fingerprint density at radius 1 is 1.38 bits per heavy atom. The van der Waals surface area contributed by atoms with E-state index >= 15 is 0 Å². The van der Waals surface area contributed by atoms with Crippen LogP contribution in [0.5, 0.6) is 5.88 Å². The van der Waals surface area contributed by atoms with Crippen molar-refractivity contribution in [3.05, 3.63) is 35.7 Å². The first-order valence-electron chi connectivity index (χ1n) is 5.74. The molecule has 0 fully saturated rings. The van der Waals surface area contributed by atoms with E-state index in [1.165, 1.54) is 25.4 Å². The standard InChI is InChI=1S/C12H11F3N4O2/c1-19-8(12(13,14)15)6-9(18-19)17-11(20)7-3-4-16-10(5-7)21-2/h3-6H,1-2H3,(H,17,18,20). The third-order valence-corrected chi connectivity index (χ3v) is 2.62. The molecule has 6 nitrogen and oxygen atoms in total. The lowest BCUT2D eigenvalue weighted by molar-refractivity contribution is -0.143. The van der Waals surface area contributed by atoms with Crippen LogP contribution >= 0.6 is 0 Å². The molecule has 0 atom stereocenters. The number of nitrogens with one attached hydrogen (secondary N) is 1. The monoisotopic (exact) mass is 300 g/mol. The summed E-state index contributed by atoms with van der Waals surface area (Å²) in [4.78, 5) is 15.8. The quantitative estimate of drug-likeness (QED) is 0.942. The van der Waals surface area contributed by atoms with Crippen LogP contribution in [-0.2, 0) is 13.2 Å². The summed E-state index contributed by atoms with van der Waals surface area (Å²) in [5, 5.41) is 5.89. The number of pyridine rings is 1. The number of methoxy groups -OCH3 is 1. The van der Waals surface area contributed by atoms with E-state index in [0.29, 0.717) is 4.68 Å². The smallest absolute Gasteiger partial charge is 0.433 e. The van der Waals surface area contributed by atoms with Crippen molar-refractivity contribution in [2.24, 2.45) is 7.05 Å². The summed E-state index contributed by atoms with van der Waals surface area (Å²) in [6.45, 7) is 0. The van der Waals surface area contributed by atoms with Gasteiger partial charge in [0.25, 0.3) is 5.91 Å². The molecule has 2 aromatic rings. The maximum absolute atomic E-state index is 12.6. The van der Waals surface area contributed by atoms with Crippen LogP contribution in [-0.4, -0.2) is 27.8 Å². The molecule has 0 saturated heterocycles. The van der Waals surface area contributed by atoms with Crippen LogP contribution in [0.2, 0.25) is 0 Å². The molecule has 2 rings (SSSR count). The Kier molecular flexibility index (Phi) is 3.83. The lowest BCUT2D eigenvalue weighted by Gasteiger charge is -2.04. The van der Waals surface area contributed by atoms with E-state index < -0.39 is 17.8 Å². The predicted molar refractivity (Wildman–Crippen MR) is 67.0 cm³/mol. The summed E-state index contributed by atoms with van der Waals surface area (Å²) >= 11 is 0. The zero-order valence-electron chi connectivity index (χ0n) is 11.1. The van der Waals surface area contributed by atoms with Crippen LogP contribution in [0.15, 0.2) is 24.4 Å². The number of amides is 1. The van der Waals surface area contributed by atoms with Crippen LogP contribution < -0.4 is 10.1 Å². The summed E-state index contributed by atoms with van der Waals surface area (Å²) < 4.78 is 43.4. The van der Waals surface area contributed by atoms with Crippen molar-refractivity contribution in [1.82, 2.24) is 14.8 Å². The number of hydrogen-bond donors (Lipinski definition) is 1. The summed E-state index contributed by atoms with van der Waals surface area (Å²) in [6.07, 6.45) is -3.18. The molecule has 0 radical (unpaired) electrons. The molecule has 0 saturated carbocycles. The third-order valence-electron chi connectivity index (χ3n) is 2.62. The van der Waals surface area contributed by atoms with Crippen molar-refractivity contribution in [1.29, 1.82) is 0 Å². The number of halogens is 3. The Bertz CT molecular complexity index is 667. The molecule has 0 aliphatic carbocycles. The lowest BCUT2D eigenvalue weighted by Crippen LogP contribution is -2.12. The number of anilines is 1. The van der Waals surface area contributed by atoms with Crippen molar-refractivity contribution in [2.75, 3.05) is 12.4 Å². The number of nitrogens with zero attached hydrogens (tertiary/aromatic N) is 3. The van der Waals surface area contributed by atoms with Crippen LogP contribution in [0.1, 0.15) is 16.1 Å². The van der Waals surface area contributed by atoms with Gasteiger partial charge in [-0.1, -0.05) is 0 Å². The number of alkyl halides is 3. The Balaban J connectivity index is 2.20. The second-order valence-corrected chi connectivity index (χ2v) is 4.08. The molecular formula is C12H11F3N4O2. The van der Waals surface area contributed by atoms with Crippen molar-refractivity contribution in [2.45, 2.75) is 6.18 Å². The molecule has 0 aliphatic rings. The molecule has 1 N–H and O–H groups in total. The zero-order chi connectivity index (χ0) is 15.6. The van der Waals surface area contributed by atoms with Gasteiger partial charge in [0.05, 0.1) is 7.11 Å². The summed E-state index contributed by atoms with van der Waals surface area (Å²) in [6, 6.07) is 3.53. The van der Waals surface area contributed by atoms with Crippen molar-refractivity contribution < 1.29 is 22.7 Å². The van der Waals surface area contributed by atoms with Gasteiger partial charge in [0.15, 0.2) is 5.82 Å². The number of carbonyl (C=O) groups excluding carboxylic acids is 1. The van der Waals surface area contributed by atoms with E-state index in [1.54, 1.807) is 0 Å². The molecule has 0 bridgehead atoms. The lowest BCUT2D eigenvalue weighted by atomic mass is 10.2. The maximum atomic E-state index is 12.6. The number of aryl methyl sites for hydroxylation is 1. The van der Waals surface area contributed by atoms with Gasteiger partial charge in [0.2, 0.25) is 5.88 Å². The maximum Gasteiger partial charge on any atom is 0.433 e. The van der Waals surface area contributed by atoms with Gasteiger partial charge >= 0.3 is 6.18 Å². The fraction of sp³-hybridized carbons (Fsp3) is 0.250. The molecule has 0 unspecified atom stereocenters. The summed E-state index contributed by atoms with van der Waals surface area (Å²) in [5.74, 6) is -0.576. The van der Waals surface area contributed by atoms with Gasteiger partial charge in [-0.25, -0.2) is 4.98 Å². The highest BCUT2D eigenvalue weighted by atomic mass is 19.4. The van der Waals surface area contributed by atoms with E-state index in [9.17, 15) is 18.0 Å². The van der Waals surface area contributed by atoms with Crippen LogP contribution in [0.4, 0.5) is 19.0 Å². The largest absolute Gasteiger partial charge is 0.481 e. The van der Waals surface area contributed by atoms with Crippen LogP contribution in [0, 0.1) is 0 Å². The van der Waals surface area contributed by atoms with Crippen LogP contribution in [0.25, 0.3) is 0 Å². The second kappa shape index (κ2) is 5.43. The Morgan fingerprint density at radius 2 is 2.10 bits per heavy atom. The highest BCUT2D eigenvalue weighted by molar-refractivity contribution is 6.03. The SMILES string of the molecule is COc1cc(C(=O)Nc2cc(C(F)(F)F)n(C)n2)ccn1. The Hall–Kier alpha value is -2.58. The molecule has 2 heterocycles. The Labute approximate surface area is 117 Å². The van der Waals surface area contributed by atoms with Gasteiger partial charge in [0, 0.05) is 30.9 Å². The molecule has 21 heavy (non-hydrogen) atoms. The minimum Gasteiger partial charge on any atom is -0.481 e. The minimum atomic E-state index is -4.54. The first-order valence-corrected chi connectivity index (χ1v) is 5.74. The second-order valence-electron chi connectivity index (χ2n) is 4.08. The normalized spacial score (nSPS) is 11.3. The van der Waals surface area contributed by atoms with E-state index in [1.807, 2.05) is 0 Å². The molecular weight excluding hydrogens is 289 g/mol. The fourth-order valence-corrected chi connectivity index (χ4v) is 1.64. The molecule has 9 heteroatoms. The van der Waals surface area contributed by atoms with E-state index in [4.69, 9.17) is 4.74 Å². The summed E-state index contributed by atoms with van der Waals surface area (Å²) in [5.41, 5.74) is -0.758. The fourth-order valence-electron chi connectivity index (χ4n) is 1.64. The molecule has 0 spiro atoms. The Morgan fingerprint density at radius 3 is 2.67 bits per heavy atom. The number of rotatable bonds is 3. The predicted octanol–water partition coefficient (Wildman–Crippen LogP) is 2.09. The average Bonchev–Trinajstić information content (AvgIpc) is 2.79. The van der Waals surface area contributed by atoms with Gasteiger partial charge < -0.3 is 10.1 Å². The molecule has 0 aromatic carbocycles. The van der Waals surface area contributed by atoms with Crippen molar-refractivity contribution in [3.8, 4) is 5.88 Å². The van der Waals surface area contributed by atoms with Crippen LogP contribution in [0.3, 0.4) is 0 Å². The molecule has 1 amide bonds.